The van der Waals surface area contributed by atoms with Gasteiger partial charge in [0.2, 0.25) is 23.6 Å². The van der Waals surface area contributed by atoms with E-state index in [0.29, 0.717) is 17.0 Å². The van der Waals surface area contributed by atoms with E-state index < -0.39 is 53.7 Å². The molecule has 2 rings (SSSR count). The Balaban J connectivity index is 0.0000135. The fourth-order valence-corrected chi connectivity index (χ4v) is 5.22. The Bertz CT molecular complexity index is 1440. The Labute approximate surface area is 335 Å². The van der Waals surface area contributed by atoms with Crippen molar-refractivity contribution in [1.82, 2.24) is 21.3 Å². The van der Waals surface area contributed by atoms with Gasteiger partial charge in [-0.1, -0.05) is 80.3 Å². The molecule has 0 saturated carbocycles. The van der Waals surface area contributed by atoms with Gasteiger partial charge < -0.3 is 71.1 Å². The molecule has 4 atom stereocenters. The van der Waals surface area contributed by atoms with Crippen LogP contribution in [0.5, 0.6) is 0 Å². The molecule has 295 valence electrons. The first-order chi connectivity index (χ1) is 24.4. The van der Waals surface area contributed by atoms with Crippen molar-refractivity contribution in [3.63, 3.8) is 0 Å². The van der Waals surface area contributed by atoms with Gasteiger partial charge in [-0.15, -0.1) is 0 Å². The monoisotopic (exact) mass is 946 g/mol. The summed E-state index contributed by atoms with van der Waals surface area (Å²) in [5.41, 5.74) is 14.1. The van der Waals surface area contributed by atoms with Crippen molar-refractivity contribution in [2.75, 3.05) is 18.9 Å². The summed E-state index contributed by atoms with van der Waals surface area (Å²) in [6.07, 6.45) is 3.97. The maximum Gasteiger partial charge on any atom is 0.245 e. The fraction of sp³-hybridized carbons (Fsp3) is 0.486. The predicted octanol–water partition coefficient (Wildman–Crippen LogP) is 1.92. The summed E-state index contributed by atoms with van der Waals surface area (Å²) in [5, 5.41) is 30.1. The number of nitrogens with one attached hydrogen (secondary N) is 6. The maximum atomic E-state index is 13.9. The van der Waals surface area contributed by atoms with Gasteiger partial charge >= 0.3 is 0 Å². The van der Waals surface area contributed by atoms with E-state index in [-0.39, 0.29) is 83.0 Å². The molecular formula is C35H48ClN8O7ReS-5. The zero-order chi connectivity index (χ0) is 37.6. The average Bonchev–Trinajstić information content (AvgIpc) is 3.10. The minimum atomic E-state index is -1.26. The minimum Gasteiger partial charge on any atom is -2.00 e. The summed E-state index contributed by atoms with van der Waals surface area (Å²) in [6.45, 7) is 2.16. The Kier molecular flexibility index (Phi) is 25.9. The molecule has 15 nitrogen and oxygen atoms in total. The summed E-state index contributed by atoms with van der Waals surface area (Å²) in [6, 6.07) is 11.1. The van der Waals surface area contributed by atoms with Crippen LogP contribution in [0.2, 0.25) is 5.02 Å². The van der Waals surface area contributed by atoms with E-state index in [1.807, 2.05) is 30.3 Å². The molecule has 2 aromatic rings. The van der Waals surface area contributed by atoms with Gasteiger partial charge in [-0.2, -0.15) is 5.75 Å². The van der Waals surface area contributed by atoms with Crippen molar-refractivity contribution in [2.24, 2.45) is 10.7 Å². The topological polar surface area (TPSA) is 263 Å². The van der Waals surface area contributed by atoms with Crippen LogP contribution in [0.1, 0.15) is 63.0 Å². The Hall–Kier alpha value is -3.72. The molecule has 0 heterocycles. The first kappa shape index (κ1) is 49.3. The van der Waals surface area contributed by atoms with E-state index in [2.05, 4.69) is 33.2 Å². The first-order valence-corrected chi connectivity index (χ1v) is 17.8. The van der Waals surface area contributed by atoms with Crippen LogP contribution in [-0.4, -0.2) is 78.6 Å². The van der Waals surface area contributed by atoms with Gasteiger partial charge in [0.1, 0.15) is 18.1 Å². The van der Waals surface area contributed by atoms with E-state index in [0.717, 1.165) is 24.8 Å². The number of unbranched alkanes of at least 4 members (excludes halogenated alkanes) is 3. The molecule has 53 heavy (non-hydrogen) atoms. The SMILES string of the molecule is CCCCCCC(=O)N[C@@H](COCc1ccccc1)C(=O)N[C@H](Cc1ccc(Cl)cc1)C(=O)N[C@@H](CCCN=C([NH-])N)C(=O)N[C@@H](C[S-])C(=N)[O-].[O-2].[Re]. The zero-order valence-electron chi connectivity index (χ0n) is 29.5. The van der Waals surface area contributed by atoms with Crippen LogP contribution in [0.15, 0.2) is 59.6 Å². The third-order valence-corrected chi connectivity index (χ3v) is 8.24. The van der Waals surface area contributed by atoms with E-state index in [4.69, 9.17) is 45.8 Å². The molecule has 0 unspecified atom stereocenters. The second-order valence-electron chi connectivity index (χ2n) is 11.9. The molecule has 0 aliphatic rings. The van der Waals surface area contributed by atoms with Crippen molar-refractivity contribution in [3.8, 4) is 0 Å². The minimum absolute atomic E-state index is 0. The number of nitrogens with two attached hydrogens (primary N) is 1. The van der Waals surface area contributed by atoms with Crippen molar-refractivity contribution >= 4 is 59.7 Å². The van der Waals surface area contributed by atoms with E-state index in [9.17, 15) is 24.3 Å². The second-order valence-corrected chi connectivity index (χ2v) is 12.7. The largest absolute Gasteiger partial charge is 2.00 e. The first-order valence-electron chi connectivity index (χ1n) is 16.8. The molecule has 0 fully saturated rings. The molecule has 2 aromatic carbocycles. The summed E-state index contributed by atoms with van der Waals surface area (Å²) in [4.78, 5) is 57.6. The number of carbonyl (C=O) groups is 4. The molecule has 0 aliphatic carbocycles. The number of ether oxygens (including phenoxy) is 1. The average molecular weight is 947 g/mol. The second kappa shape index (κ2) is 27.8. The van der Waals surface area contributed by atoms with E-state index >= 15 is 0 Å². The molecule has 8 N–H and O–H groups in total. The number of aliphatic imine (C=N–C) groups is 1. The van der Waals surface area contributed by atoms with Crippen molar-refractivity contribution < 1.29 is 54.9 Å². The Morgan fingerprint density at radius 3 is 2.09 bits per heavy atom. The van der Waals surface area contributed by atoms with Crippen LogP contribution in [0, 0.1) is 5.41 Å². The number of halogens is 1. The van der Waals surface area contributed by atoms with Crippen molar-refractivity contribution in [1.29, 1.82) is 5.41 Å². The number of amides is 4. The molecule has 0 aliphatic heterocycles. The summed E-state index contributed by atoms with van der Waals surface area (Å²) < 4.78 is 5.83. The van der Waals surface area contributed by atoms with Crippen LogP contribution in [0.25, 0.3) is 5.73 Å². The number of guanidine groups is 1. The number of carbonyl (C=O) groups excluding carboxylic acids is 4. The van der Waals surface area contributed by atoms with Gasteiger partial charge in [-0.3, -0.25) is 19.2 Å². The quantitative estimate of drug-likeness (QED) is 0.0391. The van der Waals surface area contributed by atoms with E-state index in [1.165, 1.54) is 0 Å². The third kappa shape index (κ3) is 20.4. The van der Waals surface area contributed by atoms with Crippen LogP contribution in [0.4, 0.5) is 0 Å². The van der Waals surface area contributed by atoms with Crippen LogP contribution < -0.4 is 32.1 Å². The molecular weight excluding hydrogens is 898 g/mol. The maximum absolute atomic E-state index is 13.9. The summed E-state index contributed by atoms with van der Waals surface area (Å²) in [5.74, 6) is -4.23. The number of nitrogens with zero attached hydrogens (tertiary/aromatic N) is 1. The summed E-state index contributed by atoms with van der Waals surface area (Å²) >= 11 is 11.0. The van der Waals surface area contributed by atoms with Crippen molar-refractivity contribution in [3.05, 3.63) is 76.5 Å². The van der Waals surface area contributed by atoms with Gasteiger partial charge in [0.05, 0.1) is 13.2 Å². The number of benzene rings is 2. The molecule has 18 heteroatoms. The molecule has 1 radical (unpaired) electrons. The van der Waals surface area contributed by atoms with E-state index in [1.54, 1.807) is 24.3 Å². The van der Waals surface area contributed by atoms with Gasteiger partial charge in [0, 0.05) is 44.3 Å². The standard InChI is InChI=1S/C35H51ClN8O6S.O.Re/c1-2-3-4-8-13-30(45)41-28(21-50-20-24-10-6-5-7-11-24)34(49)43-27(19-23-14-16-25(36)17-15-23)33(48)42-26(12-9-18-40-35(38)39)32(47)44-29(22-51)31(37)46;;/h5-7,10-11,14-17,26-29H,2-4,8-9,12-13,18-22H2,1H3,(H11,37,38,39,40,41,42,43,44,45,46,47,48,49,51);;/q;-2;/p-3/t26-,27+,28-,29-;;/m0../s1. The summed E-state index contributed by atoms with van der Waals surface area (Å²) in [7, 11) is 0. The van der Waals surface area contributed by atoms with Gasteiger partial charge in [0.25, 0.3) is 0 Å². The third-order valence-electron chi connectivity index (χ3n) is 7.66. The zero-order valence-corrected chi connectivity index (χ0v) is 33.8. The Morgan fingerprint density at radius 2 is 1.49 bits per heavy atom. The fourth-order valence-electron chi connectivity index (χ4n) is 4.86. The Morgan fingerprint density at radius 1 is 0.887 bits per heavy atom. The normalized spacial score (nSPS) is 13.2. The van der Waals surface area contributed by atoms with Crippen LogP contribution >= 0.6 is 11.6 Å². The van der Waals surface area contributed by atoms with Crippen LogP contribution in [-0.2, 0) is 75.5 Å². The van der Waals surface area contributed by atoms with Crippen LogP contribution in [0.3, 0.4) is 0 Å². The molecule has 0 bridgehead atoms. The smallest absolute Gasteiger partial charge is 0.245 e. The van der Waals surface area contributed by atoms with Gasteiger partial charge in [-0.25, -0.2) is 0 Å². The molecule has 4 amide bonds. The predicted molar refractivity (Wildman–Crippen MR) is 198 cm³/mol. The number of rotatable bonds is 24. The number of hydrogen-bond donors (Lipinski definition) is 6. The number of hydrogen-bond acceptors (Lipinski definition) is 9. The molecule has 0 saturated heterocycles. The van der Waals surface area contributed by atoms with Crippen molar-refractivity contribution in [2.45, 2.75) is 89.1 Å². The van der Waals surface area contributed by atoms with Gasteiger partial charge in [-0.05, 0) is 60.9 Å². The molecule has 0 aromatic heterocycles. The van der Waals surface area contributed by atoms with Gasteiger partial charge in [0.15, 0.2) is 0 Å². The molecule has 0 spiro atoms.